The first-order chi connectivity index (χ1) is 18.2. The van der Waals surface area contributed by atoms with Crippen LogP contribution in [0.1, 0.15) is 19.7 Å². The van der Waals surface area contributed by atoms with Crippen molar-refractivity contribution in [1.29, 1.82) is 0 Å². The van der Waals surface area contributed by atoms with Crippen LogP contribution in [-0.4, -0.2) is 74.2 Å². The molecule has 202 valence electrons. The molecule has 10 nitrogen and oxygen atoms in total. The minimum Gasteiger partial charge on any atom is -0.497 e. The SMILES string of the molecule is COc1ccc(N2CCN(CC(C)(C)NC(=O)C(=O)Nc3ccc(-c4coc(C)n4)c(OC)c3)CC2)cc1. The monoisotopic (exact) mass is 521 g/mol. The molecular formula is C28H35N5O5. The lowest BCUT2D eigenvalue weighted by Crippen LogP contribution is -2.57. The van der Waals surface area contributed by atoms with Crippen LogP contribution in [-0.2, 0) is 9.59 Å². The van der Waals surface area contributed by atoms with Gasteiger partial charge in [-0.1, -0.05) is 0 Å². The van der Waals surface area contributed by atoms with E-state index in [0.717, 1.165) is 43.2 Å². The molecule has 0 saturated carbocycles. The Morgan fingerprint density at radius 1 is 1.00 bits per heavy atom. The molecule has 0 spiro atoms. The van der Waals surface area contributed by atoms with Crippen molar-refractivity contribution >= 4 is 23.2 Å². The van der Waals surface area contributed by atoms with Crippen molar-refractivity contribution in [2.75, 3.05) is 57.2 Å². The van der Waals surface area contributed by atoms with Gasteiger partial charge in [-0.05, 0) is 50.2 Å². The van der Waals surface area contributed by atoms with Gasteiger partial charge in [-0.2, -0.15) is 0 Å². The van der Waals surface area contributed by atoms with E-state index in [1.54, 1.807) is 38.5 Å². The molecule has 1 aliphatic heterocycles. The molecule has 1 saturated heterocycles. The number of ether oxygens (including phenoxy) is 2. The highest BCUT2D eigenvalue weighted by molar-refractivity contribution is 6.39. The van der Waals surface area contributed by atoms with E-state index in [9.17, 15) is 9.59 Å². The van der Waals surface area contributed by atoms with Crippen LogP contribution in [0.25, 0.3) is 11.3 Å². The molecule has 1 aromatic heterocycles. The number of nitrogens with zero attached hydrogens (tertiary/aromatic N) is 3. The number of amides is 2. The Morgan fingerprint density at radius 3 is 2.32 bits per heavy atom. The van der Waals surface area contributed by atoms with Crippen molar-refractivity contribution in [3.63, 3.8) is 0 Å². The quantitative estimate of drug-likeness (QED) is 0.435. The molecule has 0 unspecified atom stereocenters. The molecule has 2 heterocycles. The van der Waals surface area contributed by atoms with Crippen molar-refractivity contribution in [3.8, 4) is 22.8 Å². The summed E-state index contributed by atoms with van der Waals surface area (Å²) in [6.07, 6.45) is 1.54. The van der Waals surface area contributed by atoms with E-state index in [0.29, 0.717) is 29.6 Å². The van der Waals surface area contributed by atoms with Gasteiger partial charge in [-0.3, -0.25) is 14.5 Å². The number of rotatable bonds is 8. The van der Waals surface area contributed by atoms with Gasteiger partial charge in [0.1, 0.15) is 23.5 Å². The average Bonchev–Trinajstić information content (AvgIpc) is 3.34. The molecule has 10 heteroatoms. The second-order valence-electron chi connectivity index (χ2n) is 9.92. The van der Waals surface area contributed by atoms with Crippen molar-refractivity contribution in [3.05, 3.63) is 54.6 Å². The highest BCUT2D eigenvalue weighted by Gasteiger charge is 2.29. The summed E-state index contributed by atoms with van der Waals surface area (Å²) in [5, 5.41) is 5.53. The lowest BCUT2D eigenvalue weighted by molar-refractivity contribution is -0.137. The summed E-state index contributed by atoms with van der Waals surface area (Å²) in [6, 6.07) is 13.2. The number of nitrogens with one attached hydrogen (secondary N) is 2. The number of piperazine rings is 1. The average molecular weight is 522 g/mol. The normalized spacial score (nSPS) is 14.2. The fourth-order valence-electron chi connectivity index (χ4n) is 4.58. The van der Waals surface area contributed by atoms with E-state index in [2.05, 4.69) is 37.6 Å². The van der Waals surface area contributed by atoms with Crippen molar-refractivity contribution in [2.24, 2.45) is 0 Å². The lowest BCUT2D eigenvalue weighted by Gasteiger charge is -2.40. The van der Waals surface area contributed by atoms with E-state index >= 15 is 0 Å². The number of aryl methyl sites for hydroxylation is 1. The Bertz CT molecular complexity index is 1260. The zero-order chi connectivity index (χ0) is 27.3. The number of oxazole rings is 1. The molecule has 1 aliphatic rings. The van der Waals surface area contributed by atoms with Crippen LogP contribution < -0.4 is 25.0 Å². The number of benzene rings is 2. The minimum atomic E-state index is -0.741. The van der Waals surface area contributed by atoms with E-state index in [-0.39, 0.29) is 0 Å². The summed E-state index contributed by atoms with van der Waals surface area (Å²) in [5.41, 5.74) is 2.36. The van der Waals surface area contributed by atoms with E-state index in [4.69, 9.17) is 13.9 Å². The Balaban J connectivity index is 1.29. The second-order valence-corrected chi connectivity index (χ2v) is 9.92. The largest absolute Gasteiger partial charge is 0.497 e. The molecule has 0 bridgehead atoms. The van der Waals surface area contributed by atoms with Crippen LogP contribution in [0.4, 0.5) is 11.4 Å². The van der Waals surface area contributed by atoms with Crippen LogP contribution in [0.15, 0.2) is 53.1 Å². The van der Waals surface area contributed by atoms with E-state index in [1.165, 1.54) is 7.11 Å². The van der Waals surface area contributed by atoms with Crippen LogP contribution in [0.2, 0.25) is 0 Å². The van der Waals surface area contributed by atoms with Gasteiger partial charge in [-0.15, -0.1) is 0 Å². The molecule has 2 amide bonds. The zero-order valence-corrected chi connectivity index (χ0v) is 22.5. The number of methoxy groups -OCH3 is 2. The van der Waals surface area contributed by atoms with Gasteiger partial charge in [-0.25, -0.2) is 4.98 Å². The molecule has 1 fully saturated rings. The maximum absolute atomic E-state index is 12.7. The number of carbonyl (C=O) groups is 2. The third kappa shape index (κ3) is 6.63. The minimum absolute atomic E-state index is 0.443. The summed E-state index contributed by atoms with van der Waals surface area (Å²) in [7, 11) is 3.19. The van der Waals surface area contributed by atoms with E-state index < -0.39 is 17.4 Å². The number of carbonyl (C=O) groups excluding carboxylic acids is 2. The standard InChI is InChI=1S/C28H35N5O5/c1-19-29-24(17-38-19)23-11-6-20(16-25(23)37-5)30-26(34)27(35)31-28(2,3)18-32-12-14-33(15-13-32)21-7-9-22(36-4)10-8-21/h6-11,16-17H,12-15,18H2,1-5H3,(H,30,34)(H,31,35). The number of hydrogen-bond donors (Lipinski definition) is 2. The Hall–Kier alpha value is -4.05. The van der Waals surface area contributed by atoms with Gasteiger partial charge in [0.15, 0.2) is 5.89 Å². The highest BCUT2D eigenvalue weighted by Crippen LogP contribution is 2.32. The van der Waals surface area contributed by atoms with Gasteiger partial charge in [0.25, 0.3) is 0 Å². The fraction of sp³-hybridized carbons (Fsp3) is 0.393. The van der Waals surface area contributed by atoms with E-state index in [1.807, 2.05) is 26.0 Å². The van der Waals surface area contributed by atoms with Gasteiger partial charge < -0.3 is 29.4 Å². The first kappa shape index (κ1) is 27.0. The molecule has 38 heavy (non-hydrogen) atoms. The van der Waals surface area contributed by atoms with Gasteiger partial charge in [0.05, 0.1) is 14.2 Å². The molecule has 2 aromatic carbocycles. The third-order valence-electron chi connectivity index (χ3n) is 6.44. The summed E-state index contributed by atoms with van der Waals surface area (Å²) in [6.45, 7) is 9.70. The van der Waals surface area contributed by atoms with Crippen LogP contribution in [0.3, 0.4) is 0 Å². The Kier molecular flexibility index (Phi) is 8.21. The van der Waals surface area contributed by atoms with Crippen LogP contribution in [0, 0.1) is 6.92 Å². The van der Waals surface area contributed by atoms with Crippen molar-refractivity contribution in [2.45, 2.75) is 26.3 Å². The smallest absolute Gasteiger partial charge is 0.313 e. The van der Waals surface area contributed by atoms with Crippen LogP contribution >= 0.6 is 0 Å². The Morgan fingerprint density at radius 2 is 1.71 bits per heavy atom. The molecule has 0 radical (unpaired) electrons. The molecular weight excluding hydrogens is 486 g/mol. The maximum atomic E-state index is 12.7. The summed E-state index contributed by atoms with van der Waals surface area (Å²) in [4.78, 5) is 34.3. The molecule has 2 N–H and O–H groups in total. The number of anilines is 2. The first-order valence-electron chi connectivity index (χ1n) is 12.5. The van der Waals surface area contributed by atoms with Crippen molar-refractivity contribution < 1.29 is 23.5 Å². The fourth-order valence-corrected chi connectivity index (χ4v) is 4.58. The predicted molar refractivity (Wildman–Crippen MR) is 146 cm³/mol. The van der Waals surface area contributed by atoms with Gasteiger partial charge >= 0.3 is 11.8 Å². The summed E-state index contributed by atoms with van der Waals surface area (Å²) < 4.78 is 16.0. The second kappa shape index (κ2) is 11.6. The molecule has 0 atom stereocenters. The lowest BCUT2D eigenvalue weighted by atomic mass is 10.0. The molecule has 3 aromatic rings. The topological polar surface area (TPSA) is 109 Å². The molecule has 0 aliphatic carbocycles. The number of aromatic nitrogens is 1. The number of hydrogen-bond acceptors (Lipinski definition) is 8. The van der Waals surface area contributed by atoms with Gasteiger partial charge in [0, 0.05) is 68.2 Å². The van der Waals surface area contributed by atoms with Gasteiger partial charge in [0.2, 0.25) is 0 Å². The third-order valence-corrected chi connectivity index (χ3v) is 6.44. The summed E-state index contributed by atoms with van der Waals surface area (Å²) >= 11 is 0. The zero-order valence-electron chi connectivity index (χ0n) is 22.5. The predicted octanol–water partition coefficient (Wildman–Crippen LogP) is 3.32. The highest BCUT2D eigenvalue weighted by atomic mass is 16.5. The molecule has 4 rings (SSSR count). The van der Waals surface area contributed by atoms with Crippen molar-refractivity contribution in [1.82, 2.24) is 15.2 Å². The Labute approximate surface area is 222 Å². The first-order valence-corrected chi connectivity index (χ1v) is 12.5. The van der Waals surface area contributed by atoms with Crippen LogP contribution in [0.5, 0.6) is 11.5 Å². The summed E-state index contributed by atoms with van der Waals surface area (Å²) in [5.74, 6) is 0.451. The maximum Gasteiger partial charge on any atom is 0.313 e.